The van der Waals surface area contributed by atoms with E-state index in [2.05, 4.69) is 100 Å². The minimum absolute atomic E-state index is 0.689. The quantitative estimate of drug-likeness (QED) is 0.669. The van der Waals surface area contributed by atoms with E-state index >= 15 is 0 Å². The van der Waals surface area contributed by atoms with Crippen LogP contribution >= 0.6 is 15.9 Å². The molecular weight excluding hydrogens is 404 g/mol. The molecule has 6 nitrogen and oxygen atoms in total. The van der Waals surface area contributed by atoms with Crippen LogP contribution in [0.25, 0.3) is 5.69 Å². The molecule has 0 atom stereocenters. The SMILES string of the molecule is Cc1cccc(CN2NNN=C2c2cnn(-c3c(C)cccc3C)c2Br)c1. The van der Waals surface area contributed by atoms with Crippen LogP contribution in [0.1, 0.15) is 27.8 Å². The standard InChI is InChI=1S/C20H21BrN6/c1-13-6-4-9-16(10-13)12-26-20(23-24-25-26)17-11-22-27(19(17)21)18-14(2)7-5-8-15(18)3/h4-11,24-25H,12H2,1-3H3. The first-order chi connectivity index (χ1) is 13.0. The number of hydrogen-bond donors (Lipinski definition) is 2. The summed E-state index contributed by atoms with van der Waals surface area (Å²) in [5.41, 5.74) is 12.7. The fraction of sp³-hybridized carbons (Fsp3) is 0.200. The number of aromatic nitrogens is 2. The van der Waals surface area contributed by atoms with E-state index in [4.69, 9.17) is 0 Å². The summed E-state index contributed by atoms with van der Waals surface area (Å²) < 4.78 is 2.80. The third-order valence-corrected chi connectivity index (χ3v) is 5.39. The molecule has 2 N–H and O–H groups in total. The highest BCUT2D eigenvalue weighted by atomic mass is 79.9. The van der Waals surface area contributed by atoms with Gasteiger partial charge in [0.05, 0.1) is 24.0 Å². The average Bonchev–Trinajstić information content (AvgIpc) is 3.22. The Kier molecular flexibility index (Phi) is 4.72. The van der Waals surface area contributed by atoms with Gasteiger partial charge in [-0.3, -0.25) is 5.01 Å². The highest BCUT2D eigenvalue weighted by Crippen LogP contribution is 2.27. The maximum Gasteiger partial charge on any atom is 0.177 e. The molecule has 0 saturated carbocycles. The van der Waals surface area contributed by atoms with Gasteiger partial charge in [-0.1, -0.05) is 48.0 Å². The summed E-state index contributed by atoms with van der Waals surface area (Å²) in [6.45, 7) is 6.97. The van der Waals surface area contributed by atoms with Crippen molar-refractivity contribution in [1.29, 1.82) is 0 Å². The van der Waals surface area contributed by atoms with Gasteiger partial charge in [0.1, 0.15) is 4.60 Å². The number of nitrogens with one attached hydrogen (secondary N) is 2. The topological polar surface area (TPSA) is 57.5 Å². The lowest BCUT2D eigenvalue weighted by molar-refractivity contribution is 0.288. The maximum atomic E-state index is 4.61. The van der Waals surface area contributed by atoms with Gasteiger partial charge in [0.25, 0.3) is 0 Å². The average molecular weight is 425 g/mol. The molecule has 1 aliphatic rings. The highest BCUT2D eigenvalue weighted by Gasteiger charge is 2.25. The molecule has 4 rings (SSSR count). The Labute approximate surface area is 167 Å². The second-order valence-corrected chi connectivity index (χ2v) is 7.49. The van der Waals surface area contributed by atoms with Crippen LogP contribution < -0.4 is 11.1 Å². The van der Waals surface area contributed by atoms with E-state index in [0.717, 1.165) is 21.7 Å². The third-order valence-electron chi connectivity index (χ3n) is 4.63. The zero-order valence-electron chi connectivity index (χ0n) is 15.5. The van der Waals surface area contributed by atoms with Gasteiger partial charge < -0.3 is 0 Å². The maximum absolute atomic E-state index is 4.61. The van der Waals surface area contributed by atoms with E-state index < -0.39 is 0 Å². The number of hydrogen-bond acceptors (Lipinski definition) is 5. The van der Waals surface area contributed by atoms with Gasteiger partial charge in [-0.2, -0.15) is 5.10 Å². The number of hydrazone groups is 1. The van der Waals surface area contributed by atoms with Crippen molar-refractivity contribution < 1.29 is 0 Å². The Morgan fingerprint density at radius 3 is 2.52 bits per heavy atom. The van der Waals surface area contributed by atoms with Gasteiger partial charge in [-0.05, 0) is 53.4 Å². The van der Waals surface area contributed by atoms with Crippen LogP contribution in [-0.2, 0) is 6.54 Å². The van der Waals surface area contributed by atoms with Gasteiger partial charge in [-0.25, -0.2) is 10.2 Å². The lowest BCUT2D eigenvalue weighted by Crippen LogP contribution is -2.40. The predicted octanol–water partition coefficient (Wildman–Crippen LogP) is 3.75. The molecule has 2 heterocycles. The molecule has 138 valence electrons. The van der Waals surface area contributed by atoms with Gasteiger partial charge in [0.2, 0.25) is 0 Å². The van der Waals surface area contributed by atoms with Gasteiger partial charge in [0.15, 0.2) is 5.84 Å². The van der Waals surface area contributed by atoms with Crippen molar-refractivity contribution >= 4 is 21.8 Å². The fourth-order valence-corrected chi connectivity index (χ4v) is 3.89. The molecule has 27 heavy (non-hydrogen) atoms. The fourth-order valence-electron chi connectivity index (χ4n) is 3.34. The largest absolute Gasteiger partial charge is 0.266 e. The summed E-state index contributed by atoms with van der Waals surface area (Å²) in [6.07, 6.45) is 1.84. The molecule has 0 spiro atoms. The molecular formula is C20H21BrN6. The number of halogens is 1. The summed E-state index contributed by atoms with van der Waals surface area (Å²) in [4.78, 5) is 0. The zero-order chi connectivity index (χ0) is 19.0. The third kappa shape index (κ3) is 3.36. The lowest BCUT2D eigenvalue weighted by atomic mass is 10.1. The summed E-state index contributed by atoms with van der Waals surface area (Å²) in [5, 5.41) is 11.0. The first-order valence-electron chi connectivity index (χ1n) is 8.76. The van der Waals surface area contributed by atoms with Gasteiger partial charge >= 0.3 is 0 Å². The molecule has 0 saturated heterocycles. The van der Waals surface area contributed by atoms with Crippen molar-refractivity contribution in [2.75, 3.05) is 0 Å². The Balaban J connectivity index is 1.67. The van der Waals surface area contributed by atoms with Crippen molar-refractivity contribution in [2.24, 2.45) is 5.10 Å². The van der Waals surface area contributed by atoms with Gasteiger partial charge in [0, 0.05) is 0 Å². The molecule has 0 fully saturated rings. The molecule has 0 aliphatic carbocycles. The second kappa shape index (κ2) is 7.17. The molecule has 1 aliphatic heterocycles. The van der Waals surface area contributed by atoms with E-state index in [0.29, 0.717) is 6.54 Å². The summed E-state index contributed by atoms with van der Waals surface area (Å²) in [7, 11) is 0. The van der Waals surface area contributed by atoms with Crippen LogP contribution in [-0.4, -0.2) is 20.6 Å². The molecule has 7 heteroatoms. The molecule has 3 aromatic rings. The predicted molar refractivity (Wildman–Crippen MR) is 110 cm³/mol. The molecule has 2 aromatic carbocycles. The Morgan fingerprint density at radius 1 is 1.04 bits per heavy atom. The van der Waals surface area contributed by atoms with Crippen molar-refractivity contribution in [1.82, 2.24) is 25.9 Å². The number of aryl methyl sites for hydroxylation is 3. The van der Waals surface area contributed by atoms with E-state index in [-0.39, 0.29) is 0 Å². The van der Waals surface area contributed by atoms with E-state index in [1.54, 1.807) is 0 Å². The normalized spacial score (nSPS) is 13.6. The van der Waals surface area contributed by atoms with Crippen molar-refractivity contribution in [3.63, 3.8) is 0 Å². The first-order valence-corrected chi connectivity index (χ1v) is 9.56. The highest BCUT2D eigenvalue weighted by molar-refractivity contribution is 9.10. The van der Waals surface area contributed by atoms with Crippen LogP contribution in [0.15, 0.2) is 58.4 Å². The number of nitrogens with zero attached hydrogens (tertiary/aromatic N) is 4. The Morgan fingerprint density at radius 2 is 1.78 bits per heavy atom. The molecule has 0 amide bonds. The van der Waals surface area contributed by atoms with Crippen LogP contribution in [0, 0.1) is 20.8 Å². The van der Waals surface area contributed by atoms with Crippen LogP contribution in [0.5, 0.6) is 0 Å². The second-order valence-electron chi connectivity index (χ2n) is 6.74. The Hall–Kier alpha value is -2.64. The lowest BCUT2D eigenvalue weighted by Gasteiger charge is -2.19. The molecule has 0 radical (unpaired) electrons. The number of benzene rings is 2. The molecule has 0 unspecified atom stereocenters. The first kappa shape index (κ1) is 17.8. The van der Waals surface area contributed by atoms with Gasteiger partial charge in [-0.15, -0.1) is 10.6 Å². The van der Waals surface area contributed by atoms with E-state index in [1.165, 1.54) is 22.3 Å². The monoisotopic (exact) mass is 424 g/mol. The minimum Gasteiger partial charge on any atom is -0.266 e. The van der Waals surface area contributed by atoms with E-state index in [1.807, 2.05) is 15.9 Å². The number of amidine groups is 1. The Bertz CT molecular complexity index is 1000. The summed E-state index contributed by atoms with van der Waals surface area (Å²) in [6, 6.07) is 14.7. The van der Waals surface area contributed by atoms with Crippen molar-refractivity contribution in [2.45, 2.75) is 27.3 Å². The van der Waals surface area contributed by atoms with Crippen molar-refractivity contribution in [3.8, 4) is 5.69 Å². The molecule has 1 aromatic heterocycles. The minimum atomic E-state index is 0.689. The van der Waals surface area contributed by atoms with Crippen LogP contribution in [0.2, 0.25) is 0 Å². The van der Waals surface area contributed by atoms with Crippen LogP contribution in [0.3, 0.4) is 0 Å². The number of para-hydroxylation sites is 1. The number of rotatable bonds is 4. The van der Waals surface area contributed by atoms with Crippen molar-refractivity contribution in [3.05, 3.63) is 81.1 Å². The smallest absolute Gasteiger partial charge is 0.177 e. The summed E-state index contributed by atoms with van der Waals surface area (Å²) >= 11 is 3.73. The molecule has 0 bridgehead atoms. The van der Waals surface area contributed by atoms with E-state index in [9.17, 15) is 0 Å². The summed E-state index contributed by atoms with van der Waals surface area (Å²) in [5.74, 6) is 0.792. The van der Waals surface area contributed by atoms with Crippen LogP contribution in [0.4, 0.5) is 0 Å². The zero-order valence-corrected chi connectivity index (χ0v) is 17.1. The number of hydrazine groups is 2.